The Morgan fingerprint density at radius 1 is 0.380 bits per heavy atom. The molecule has 0 saturated carbocycles. The molecule has 50 heavy (non-hydrogen) atoms. The molecule has 0 fully saturated rings. The van der Waals surface area contributed by atoms with Crippen molar-refractivity contribution in [2.24, 2.45) is 0 Å². The first-order valence-electron chi connectivity index (χ1n) is 16.7. The van der Waals surface area contributed by atoms with Gasteiger partial charge in [-0.3, -0.25) is 0 Å². The maximum atomic E-state index is 6.23. The third-order valence-corrected chi connectivity index (χ3v) is 11.0. The van der Waals surface area contributed by atoms with E-state index in [4.69, 9.17) is 19.4 Å². The van der Waals surface area contributed by atoms with Gasteiger partial charge in [-0.05, 0) is 62.6 Å². The van der Waals surface area contributed by atoms with Crippen LogP contribution in [0.4, 0.5) is 0 Å². The zero-order valence-electron chi connectivity index (χ0n) is 26.6. The van der Waals surface area contributed by atoms with Gasteiger partial charge in [0.1, 0.15) is 11.2 Å². The maximum absolute atomic E-state index is 6.23. The summed E-state index contributed by atoms with van der Waals surface area (Å²) in [6.45, 7) is 0. The second-order valence-electron chi connectivity index (χ2n) is 12.7. The fraction of sp³-hybridized carbons (Fsp3) is 0. The summed E-state index contributed by atoms with van der Waals surface area (Å²) in [5, 5.41) is 12.1. The predicted octanol–water partition coefficient (Wildman–Crippen LogP) is 12.6. The second kappa shape index (κ2) is 10.5. The molecule has 0 N–H and O–H groups in total. The van der Waals surface area contributed by atoms with E-state index in [9.17, 15) is 0 Å². The molecule has 8 aromatic carbocycles. The molecule has 11 rings (SSSR count). The molecule has 11 aromatic rings. The third kappa shape index (κ3) is 4.08. The van der Waals surface area contributed by atoms with E-state index >= 15 is 0 Å². The Bertz CT molecular complexity index is 3160. The molecule has 0 amide bonds. The van der Waals surface area contributed by atoms with Crippen molar-refractivity contribution in [3.05, 3.63) is 152 Å². The number of para-hydroxylation sites is 1. The minimum absolute atomic E-state index is 0.613. The molecule has 0 aliphatic rings. The summed E-state index contributed by atoms with van der Waals surface area (Å²) in [6.07, 6.45) is 0. The van der Waals surface area contributed by atoms with Crippen molar-refractivity contribution in [3.8, 4) is 34.2 Å². The first-order valence-corrected chi connectivity index (χ1v) is 17.5. The SMILES string of the molecule is c1ccc(-c2nc(-c3ccc4c(ccc5ccc6ccc7sc8ccccc8c7c6c54)c3)nc(-c3cccc4oc5ccccc5c34)n2)cc1. The lowest BCUT2D eigenvalue weighted by Gasteiger charge is -2.12. The molecule has 0 aliphatic heterocycles. The Balaban J connectivity index is 1.17. The number of aromatic nitrogens is 3. The normalized spacial score (nSPS) is 12.0. The summed E-state index contributed by atoms with van der Waals surface area (Å²) in [5.74, 6) is 1.87. The van der Waals surface area contributed by atoms with Crippen LogP contribution in [0, 0.1) is 0 Å². The van der Waals surface area contributed by atoms with Crippen molar-refractivity contribution in [1.82, 2.24) is 15.0 Å². The van der Waals surface area contributed by atoms with E-state index in [1.165, 1.54) is 47.1 Å². The molecule has 0 saturated heterocycles. The molecule has 232 valence electrons. The molecular weight excluding hydrogens is 631 g/mol. The monoisotopic (exact) mass is 655 g/mol. The second-order valence-corrected chi connectivity index (χ2v) is 13.8. The number of thiophene rings is 1. The lowest BCUT2D eigenvalue weighted by atomic mass is 9.93. The minimum atomic E-state index is 0.613. The number of hydrogen-bond acceptors (Lipinski definition) is 5. The standard InChI is InChI=1S/C45H25N3OS/c1-2-9-28(10-3-1)43-46-44(48-45(47-43)34-13-8-15-36-41(34)32-11-4-6-14-35(32)49-36)30-21-23-31-29(25-30)20-19-26-17-18-27-22-24-38-42(40(27)39(26)31)33-12-5-7-16-37(33)50-38/h1-25H. The van der Waals surface area contributed by atoms with Crippen LogP contribution in [0.1, 0.15) is 0 Å². The van der Waals surface area contributed by atoms with Crippen LogP contribution in [0.15, 0.2) is 156 Å². The fourth-order valence-corrected chi connectivity index (χ4v) is 8.74. The highest BCUT2D eigenvalue weighted by Gasteiger charge is 2.19. The van der Waals surface area contributed by atoms with Gasteiger partial charge in [-0.2, -0.15) is 0 Å². The molecule has 0 unspecified atom stereocenters. The van der Waals surface area contributed by atoms with Gasteiger partial charge in [0.15, 0.2) is 17.5 Å². The van der Waals surface area contributed by atoms with E-state index in [1.54, 1.807) is 0 Å². The van der Waals surface area contributed by atoms with E-state index < -0.39 is 0 Å². The van der Waals surface area contributed by atoms with Crippen LogP contribution in [0.2, 0.25) is 0 Å². The Kier molecular flexibility index (Phi) is 5.80. The van der Waals surface area contributed by atoms with Crippen molar-refractivity contribution in [3.63, 3.8) is 0 Å². The average Bonchev–Trinajstić information content (AvgIpc) is 3.76. The van der Waals surface area contributed by atoms with Gasteiger partial charge in [0.05, 0.1) is 0 Å². The molecule has 3 aromatic heterocycles. The number of fused-ring (bicyclic) bond motifs is 12. The topological polar surface area (TPSA) is 51.8 Å². The highest BCUT2D eigenvalue weighted by atomic mass is 32.1. The summed E-state index contributed by atoms with van der Waals surface area (Å²) >= 11 is 1.86. The van der Waals surface area contributed by atoms with Crippen molar-refractivity contribution in [1.29, 1.82) is 0 Å². The molecule has 0 spiro atoms. The van der Waals surface area contributed by atoms with E-state index in [2.05, 4.69) is 91.0 Å². The highest BCUT2D eigenvalue weighted by Crippen LogP contribution is 2.43. The summed E-state index contributed by atoms with van der Waals surface area (Å²) in [6, 6.07) is 53.2. The number of hydrogen-bond donors (Lipinski definition) is 0. The van der Waals surface area contributed by atoms with Gasteiger partial charge in [-0.25, -0.2) is 15.0 Å². The van der Waals surface area contributed by atoms with Gasteiger partial charge >= 0.3 is 0 Å². The quantitative estimate of drug-likeness (QED) is 0.178. The molecule has 3 heterocycles. The average molecular weight is 656 g/mol. The smallest absolute Gasteiger partial charge is 0.164 e. The number of benzene rings is 8. The van der Waals surface area contributed by atoms with Gasteiger partial charge in [-0.1, -0.05) is 121 Å². The minimum Gasteiger partial charge on any atom is -0.456 e. The van der Waals surface area contributed by atoms with Crippen molar-refractivity contribution in [2.75, 3.05) is 0 Å². The van der Waals surface area contributed by atoms with Gasteiger partial charge in [-0.15, -0.1) is 11.3 Å². The van der Waals surface area contributed by atoms with E-state index in [0.717, 1.165) is 44.0 Å². The molecule has 0 radical (unpaired) electrons. The Morgan fingerprint density at radius 2 is 1.06 bits per heavy atom. The lowest BCUT2D eigenvalue weighted by Crippen LogP contribution is -2.00. The fourth-order valence-electron chi connectivity index (χ4n) is 7.63. The summed E-state index contributed by atoms with van der Waals surface area (Å²) in [7, 11) is 0. The Morgan fingerprint density at radius 3 is 1.94 bits per heavy atom. The highest BCUT2D eigenvalue weighted by molar-refractivity contribution is 7.26. The molecule has 4 nitrogen and oxygen atoms in total. The molecule has 0 bridgehead atoms. The van der Waals surface area contributed by atoms with E-state index in [0.29, 0.717) is 17.5 Å². The van der Waals surface area contributed by atoms with Crippen LogP contribution >= 0.6 is 11.3 Å². The lowest BCUT2D eigenvalue weighted by molar-refractivity contribution is 0.669. The molecule has 5 heteroatoms. The van der Waals surface area contributed by atoms with Gasteiger partial charge in [0.25, 0.3) is 0 Å². The van der Waals surface area contributed by atoms with Crippen LogP contribution in [-0.2, 0) is 0 Å². The summed E-state index contributed by atoms with van der Waals surface area (Å²) < 4.78 is 8.86. The molecule has 0 aliphatic carbocycles. The molecule has 0 atom stereocenters. The van der Waals surface area contributed by atoms with Gasteiger partial charge in [0.2, 0.25) is 0 Å². The first-order chi connectivity index (χ1) is 24.8. The maximum Gasteiger partial charge on any atom is 0.164 e. The molecular formula is C45H25N3OS. The summed E-state index contributed by atoms with van der Waals surface area (Å²) in [5.41, 5.74) is 4.44. The van der Waals surface area contributed by atoms with Crippen LogP contribution in [0.3, 0.4) is 0 Å². The van der Waals surface area contributed by atoms with Crippen molar-refractivity contribution < 1.29 is 4.42 Å². The van der Waals surface area contributed by atoms with Crippen molar-refractivity contribution in [2.45, 2.75) is 0 Å². The van der Waals surface area contributed by atoms with Crippen LogP contribution in [0.25, 0.3) is 109 Å². The Hall–Kier alpha value is -6.43. The van der Waals surface area contributed by atoms with E-state index in [1.807, 2.05) is 72.0 Å². The summed E-state index contributed by atoms with van der Waals surface area (Å²) in [4.78, 5) is 15.3. The van der Waals surface area contributed by atoms with Crippen molar-refractivity contribution >= 4 is 85.8 Å². The largest absolute Gasteiger partial charge is 0.456 e. The van der Waals surface area contributed by atoms with Gasteiger partial charge < -0.3 is 4.42 Å². The van der Waals surface area contributed by atoms with Crippen LogP contribution in [-0.4, -0.2) is 15.0 Å². The zero-order chi connectivity index (χ0) is 32.8. The number of furan rings is 1. The first kappa shape index (κ1) is 27.5. The number of rotatable bonds is 3. The van der Waals surface area contributed by atoms with E-state index in [-0.39, 0.29) is 0 Å². The van der Waals surface area contributed by atoms with Crippen LogP contribution < -0.4 is 0 Å². The zero-order valence-corrected chi connectivity index (χ0v) is 27.4. The predicted molar refractivity (Wildman–Crippen MR) is 209 cm³/mol. The van der Waals surface area contributed by atoms with Gasteiger partial charge in [0, 0.05) is 47.6 Å². The third-order valence-electron chi connectivity index (χ3n) is 9.89. The van der Waals surface area contributed by atoms with Crippen LogP contribution in [0.5, 0.6) is 0 Å². The Labute approximate surface area is 289 Å². The number of nitrogens with zero attached hydrogens (tertiary/aromatic N) is 3.